The first kappa shape index (κ1) is 20.0. The van der Waals surface area contributed by atoms with Crippen LogP contribution in [0.3, 0.4) is 0 Å². The number of benzene rings is 3. The van der Waals surface area contributed by atoms with Gasteiger partial charge in [0.25, 0.3) is 5.56 Å². The Morgan fingerprint density at radius 1 is 0.938 bits per heavy atom. The van der Waals surface area contributed by atoms with Crippen molar-refractivity contribution in [1.29, 1.82) is 0 Å². The third-order valence-corrected chi connectivity index (χ3v) is 5.70. The number of nitrogens with zero attached hydrogens (tertiary/aromatic N) is 3. The van der Waals surface area contributed by atoms with Gasteiger partial charge in [0.05, 0.1) is 11.1 Å². The van der Waals surface area contributed by atoms with E-state index in [0.717, 1.165) is 22.6 Å². The average molecular weight is 442 g/mol. The van der Waals surface area contributed by atoms with Gasteiger partial charge in [-0.05, 0) is 67.1 Å². The number of aromatic nitrogens is 3. The SMILES string of the molecule is CCOc1ccc(-c2nc3sc(=Cc4cccc(Oc5ccccc5)c4)c(=O)n3n2)cc1. The minimum atomic E-state index is -0.191. The Morgan fingerprint density at radius 2 is 1.72 bits per heavy atom. The van der Waals surface area contributed by atoms with Crippen LogP contribution in [0.5, 0.6) is 17.2 Å². The highest BCUT2D eigenvalue weighted by Gasteiger charge is 2.12. The predicted octanol–water partition coefficient (Wildman–Crippen LogP) is 4.56. The zero-order valence-corrected chi connectivity index (χ0v) is 18.1. The molecule has 158 valence electrons. The van der Waals surface area contributed by atoms with Gasteiger partial charge in [-0.25, -0.2) is 0 Å². The fourth-order valence-corrected chi connectivity index (χ4v) is 4.17. The number of rotatable bonds is 6. The van der Waals surface area contributed by atoms with Crippen LogP contribution in [0.4, 0.5) is 0 Å². The molecule has 32 heavy (non-hydrogen) atoms. The van der Waals surface area contributed by atoms with E-state index in [2.05, 4.69) is 10.1 Å². The van der Waals surface area contributed by atoms with Gasteiger partial charge in [-0.2, -0.15) is 9.50 Å². The molecular weight excluding hydrogens is 422 g/mol. The Bertz CT molecular complexity index is 1470. The standard InChI is InChI=1S/C25H19N3O3S/c1-2-30-19-13-11-18(12-14-19)23-26-25-28(27-23)24(29)22(32-25)16-17-7-6-10-21(15-17)31-20-8-4-3-5-9-20/h3-16H,2H2,1H3. The summed E-state index contributed by atoms with van der Waals surface area (Å²) < 4.78 is 13.3. The molecule has 0 aliphatic heterocycles. The van der Waals surface area contributed by atoms with Crippen LogP contribution < -0.4 is 19.6 Å². The van der Waals surface area contributed by atoms with E-state index in [1.807, 2.05) is 91.9 Å². The van der Waals surface area contributed by atoms with Gasteiger partial charge in [-0.1, -0.05) is 41.7 Å². The molecule has 0 spiro atoms. The van der Waals surface area contributed by atoms with Crippen molar-refractivity contribution in [2.45, 2.75) is 6.92 Å². The Kier molecular flexibility index (Phi) is 5.39. The molecule has 0 atom stereocenters. The van der Waals surface area contributed by atoms with E-state index < -0.39 is 0 Å². The lowest BCUT2D eigenvalue weighted by Gasteiger charge is -2.05. The summed E-state index contributed by atoms with van der Waals surface area (Å²) in [6.07, 6.45) is 1.83. The number of hydrogen-bond acceptors (Lipinski definition) is 6. The molecule has 0 N–H and O–H groups in total. The van der Waals surface area contributed by atoms with Crippen molar-refractivity contribution in [2.75, 3.05) is 6.61 Å². The van der Waals surface area contributed by atoms with E-state index in [1.54, 1.807) is 0 Å². The van der Waals surface area contributed by atoms with Crippen LogP contribution in [0.15, 0.2) is 83.7 Å². The minimum absolute atomic E-state index is 0.191. The van der Waals surface area contributed by atoms with Crippen LogP contribution in [0.25, 0.3) is 22.4 Å². The second-order valence-electron chi connectivity index (χ2n) is 6.99. The molecule has 0 unspecified atom stereocenters. The smallest absolute Gasteiger partial charge is 0.291 e. The number of ether oxygens (including phenoxy) is 2. The maximum Gasteiger partial charge on any atom is 0.291 e. The highest BCUT2D eigenvalue weighted by Crippen LogP contribution is 2.23. The summed E-state index contributed by atoms with van der Waals surface area (Å²) in [5.41, 5.74) is 1.51. The van der Waals surface area contributed by atoms with Crippen LogP contribution in [0.1, 0.15) is 12.5 Å². The first-order valence-corrected chi connectivity index (χ1v) is 11.0. The number of fused-ring (bicyclic) bond motifs is 1. The molecule has 0 saturated heterocycles. The molecule has 7 heteroatoms. The van der Waals surface area contributed by atoms with Crippen LogP contribution in [0, 0.1) is 0 Å². The molecule has 0 aliphatic carbocycles. The lowest BCUT2D eigenvalue weighted by Crippen LogP contribution is -2.23. The quantitative estimate of drug-likeness (QED) is 0.387. The fraction of sp³-hybridized carbons (Fsp3) is 0.0800. The fourth-order valence-electron chi connectivity index (χ4n) is 3.27. The highest BCUT2D eigenvalue weighted by atomic mass is 32.1. The molecule has 2 aromatic heterocycles. The van der Waals surface area contributed by atoms with E-state index >= 15 is 0 Å². The highest BCUT2D eigenvalue weighted by molar-refractivity contribution is 7.15. The second-order valence-corrected chi connectivity index (χ2v) is 8.00. The van der Waals surface area contributed by atoms with Crippen LogP contribution in [-0.2, 0) is 0 Å². The van der Waals surface area contributed by atoms with Gasteiger partial charge >= 0.3 is 0 Å². The third-order valence-electron chi connectivity index (χ3n) is 4.74. The summed E-state index contributed by atoms with van der Waals surface area (Å²) in [5, 5.41) is 4.41. The average Bonchev–Trinajstić information content (AvgIpc) is 3.35. The lowest BCUT2D eigenvalue weighted by molar-refractivity contribution is 0.340. The van der Waals surface area contributed by atoms with Gasteiger partial charge in [0.15, 0.2) is 5.82 Å². The Hall–Kier alpha value is -3.97. The van der Waals surface area contributed by atoms with Crippen molar-refractivity contribution in [1.82, 2.24) is 14.6 Å². The van der Waals surface area contributed by atoms with Gasteiger partial charge in [-0.15, -0.1) is 5.10 Å². The van der Waals surface area contributed by atoms with E-state index in [4.69, 9.17) is 9.47 Å². The van der Waals surface area contributed by atoms with Gasteiger partial charge in [0, 0.05) is 5.56 Å². The molecule has 6 nitrogen and oxygen atoms in total. The molecule has 0 fully saturated rings. The first-order valence-electron chi connectivity index (χ1n) is 10.2. The summed E-state index contributed by atoms with van der Waals surface area (Å²) in [7, 11) is 0. The van der Waals surface area contributed by atoms with E-state index in [1.165, 1.54) is 15.9 Å². The first-order chi connectivity index (χ1) is 15.7. The molecule has 3 aromatic carbocycles. The Morgan fingerprint density at radius 3 is 2.47 bits per heavy atom. The lowest BCUT2D eigenvalue weighted by atomic mass is 10.2. The maximum absolute atomic E-state index is 12.9. The monoisotopic (exact) mass is 441 g/mol. The van der Waals surface area contributed by atoms with E-state index in [-0.39, 0.29) is 5.56 Å². The number of para-hydroxylation sites is 1. The van der Waals surface area contributed by atoms with E-state index in [9.17, 15) is 4.79 Å². The third kappa shape index (κ3) is 4.10. The topological polar surface area (TPSA) is 65.7 Å². The van der Waals surface area contributed by atoms with Crippen molar-refractivity contribution >= 4 is 22.4 Å². The summed E-state index contributed by atoms with van der Waals surface area (Å²) in [4.78, 5) is 18.0. The summed E-state index contributed by atoms with van der Waals surface area (Å²) in [6.45, 7) is 2.55. The Labute approximate surface area is 188 Å². The van der Waals surface area contributed by atoms with Crippen LogP contribution in [0.2, 0.25) is 0 Å². The largest absolute Gasteiger partial charge is 0.494 e. The molecule has 5 aromatic rings. The molecule has 0 saturated carbocycles. The van der Waals surface area contributed by atoms with Gasteiger partial charge < -0.3 is 9.47 Å². The summed E-state index contributed by atoms with van der Waals surface area (Å²) >= 11 is 1.31. The molecule has 0 aliphatic rings. The number of hydrogen-bond donors (Lipinski definition) is 0. The summed E-state index contributed by atoms with van der Waals surface area (Å²) in [5.74, 6) is 2.77. The van der Waals surface area contributed by atoms with Crippen molar-refractivity contribution in [3.05, 3.63) is 99.3 Å². The van der Waals surface area contributed by atoms with Gasteiger partial charge in [0.2, 0.25) is 4.96 Å². The summed E-state index contributed by atoms with van der Waals surface area (Å²) in [6, 6.07) is 24.7. The molecule has 0 bridgehead atoms. The van der Waals surface area contributed by atoms with E-state index in [0.29, 0.717) is 27.7 Å². The van der Waals surface area contributed by atoms with Gasteiger partial charge in [-0.3, -0.25) is 4.79 Å². The molecule has 5 rings (SSSR count). The van der Waals surface area contributed by atoms with Gasteiger partial charge in [0.1, 0.15) is 17.2 Å². The normalized spacial score (nSPS) is 11.7. The second kappa shape index (κ2) is 8.64. The maximum atomic E-state index is 12.9. The predicted molar refractivity (Wildman–Crippen MR) is 125 cm³/mol. The minimum Gasteiger partial charge on any atom is -0.494 e. The van der Waals surface area contributed by atoms with Crippen molar-refractivity contribution in [2.24, 2.45) is 0 Å². The zero-order chi connectivity index (χ0) is 21.9. The molecule has 0 radical (unpaired) electrons. The zero-order valence-electron chi connectivity index (χ0n) is 17.3. The number of thiazole rings is 1. The van der Waals surface area contributed by atoms with Crippen molar-refractivity contribution < 1.29 is 9.47 Å². The van der Waals surface area contributed by atoms with Crippen molar-refractivity contribution in [3.8, 4) is 28.6 Å². The molecule has 2 heterocycles. The van der Waals surface area contributed by atoms with Crippen LogP contribution >= 0.6 is 11.3 Å². The van der Waals surface area contributed by atoms with Crippen molar-refractivity contribution in [3.63, 3.8) is 0 Å². The molecular formula is C25H19N3O3S. The Balaban J connectivity index is 1.44. The van der Waals surface area contributed by atoms with Crippen LogP contribution in [-0.4, -0.2) is 21.2 Å². The molecule has 0 amide bonds.